The molecule has 0 fully saturated rings. The number of benzene rings is 1. The molecule has 112 valence electrons. The molecule has 1 amide bonds. The van der Waals surface area contributed by atoms with E-state index in [1.54, 1.807) is 6.92 Å². The first-order valence-electron chi connectivity index (χ1n) is 5.90. The normalized spacial score (nSPS) is 11.4. The number of rotatable bonds is 3. The fraction of sp³-hybridized carbons (Fsp3) is 0.154. The van der Waals surface area contributed by atoms with Crippen LogP contribution in [0.1, 0.15) is 21.7 Å². The zero-order chi connectivity index (χ0) is 15.8. The van der Waals surface area contributed by atoms with Gasteiger partial charge in [0, 0.05) is 22.1 Å². The molecule has 0 aliphatic heterocycles. The number of halogens is 2. The van der Waals surface area contributed by atoms with E-state index in [1.165, 1.54) is 25.1 Å². The molecule has 2 N–H and O–H groups in total. The average molecular weight is 331 g/mol. The smallest absolute Gasteiger partial charge is 0.272 e. The second-order valence-electron chi connectivity index (χ2n) is 4.53. The Kier molecular flexibility index (Phi) is 4.06. The number of aromatic nitrogens is 1. The molecule has 1 aromatic carbocycles. The van der Waals surface area contributed by atoms with Gasteiger partial charge >= 0.3 is 0 Å². The van der Waals surface area contributed by atoms with Gasteiger partial charge in [-0.05, 0) is 43.7 Å². The van der Waals surface area contributed by atoms with Crippen LogP contribution in [0.5, 0.6) is 0 Å². The molecule has 8 heteroatoms. The summed E-state index contributed by atoms with van der Waals surface area (Å²) in [5.74, 6) is -0.921. The molecule has 0 spiro atoms. The van der Waals surface area contributed by atoms with E-state index in [9.17, 15) is 17.6 Å². The number of hydrogen-bond donors (Lipinski definition) is 2. The van der Waals surface area contributed by atoms with Crippen LogP contribution < -0.4 is 5.32 Å². The van der Waals surface area contributed by atoms with Crippen molar-refractivity contribution in [3.63, 3.8) is 0 Å². The summed E-state index contributed by atoms with van der Waals surface area (Å²) in [6.45, 7) is 3.07. The maximum Gasteiger partial charge on any atom is 0.272 e. The van der Waals surface area contributed by atoms with Gasteiger partial charge in [0.15, 0.2) is 0 Å². The molecule has 0 saturated carbocycles. The standard InChI is InChI=1S/C13H12ClFN2O3S/c1-7-5-9(3-4-10(7)15)17-13(18)11-6-12(8(2)16-11)21(14,19)20/h3-6,16H,1-2H3,(H,17,18). The van der Waals surface area contributed by atoms with E-state index in [0.717, 1.165) is 6.07 Å². The molecule has 0 radical (unpaired) electrons. The van der Waals surface area contributed by atoms with Gasteiger partial charge in [-0.1, -0.05) is 0 Å². The van der Waals surface area contributed by atoms with Crippen molar-refractivity contribution in [2.45, 2.75) is 18.7 Å². The number of aryl methyl sites for hydroxylation is 2. The number of carbonyl (C=O) groups is 1. The Morgan fingerprint density at radius 1 is 1.29 bits per heavy atom. The van der Waals surface area contributed by atoms with Crippen molar-refractivity contribution < 1.29 is 17.6 Å². The van der Waals surface area contributed by atoms with Crippen LogP contribution in [0.15, 0.2) is 29.2 Å². The predicted molar refractivity (Wildman–Crippen MR) is 77.7 cm³/mol. The van der Waals surface area contributed by atoms with Gasteiger partial charge in [0.25, 0.3) is 15.0 Å². The van der Waals surface area contributed by atoms with E-state index in [2.05, 4.69) is 10.3 Å². The van der Waals surface area contributed by atoms with Crippen LogP contribution >= 0.6 is 10.7 Å². The highest BCUT2D eigenvalue weighted by Gasteiger charge is 2.19. The lowest BCUT2D eigenvalue weighted by atomic mass is 10.2. The third kappa shape index (κ3) is 3.43. The largest absolute Gasteiger partial charge is 0.353 e. The maximum atomic E-state index is 13.1. The number of anilines is 1. The van der Waals surface area contributed by atoms with Crippen molar-refractivity contribution in [1.29, 1.82) is 0 Å². The molecule has 0 aliphatic carbocycles. The third-order valence-corrected chi connectivity index (χ3v) is 4.34. The Balaban J connectivity index is 2.27. The lowest BCUT2D eigenvalue weighted by molar-refractivity contribution is 0.102. The van der Waals surface area contributed by atoms with E-state index >= 15 is 0 Å². The van der Waals surface area contributed by atoms with Crippen molar-refractivity contribution >= 4 is 31.3 Å². The third-order valence-electron chi connectivity index (χ3n) is 2.89. The minimum absolute atomic E-state index is 0.0497. The molecule has 5 nitrogen and oxygen atoms in total. The summed E-state index contributed by atoms with van der Waals surface area (Å²) in [6.07, 6.45) is 0. The van der Waals surface area contributed by atoms with Gasteiger partial charge in [-0.25, -0.2) is 12.8 Å². The molecule has 0 bridgehead atoms. The highest BCUT2D eigenvalue weighted by atomic mass is 35.7. The number of H-pyrrole nitrogens is 1. The molecule has 1 heterocycles. The van der Waals surface area contributed by atoms with Crippen LogP contribution in [-0.4, -0.2) is 19.3 Å². The van der Waals surface area contributed by atoms with Gasteiger partial charge in [0.05, 0.1) is 0 Å². The van der Waals surface area contributed by atoms with Crippen LogP contribution in [0, 0.1) is 19.7 Å². The van der Waals surface area contributed by atoms with Gasteiger partial charge < -0.3 is 10.3 Å². The van der Waals surface area contributed by atoms with Crippen LogP contribution in [-0.2, 0) is 9.05 Å². The first kappa shape index (κ1) is 15.5. The zero-order valence-electron chi connectivity index (χ0n) is 11.2. The molecule has 0 atom stereocenters. The Morgan fingerprint density at radius 2 is 1.95 bits per heavy atom. The van der Waals surface area contributed by atoms with E-state index in [4.69, 9.17) is 10.7 Å². The second kappa shape index (κ2) is 5.50. The molecule has 0 aliphatic rings. The summed E-state index contributed by atoms with van der Waals surface area (Å²) in [7, 11) is 1.34. The number of nitrogens with one attached hydrogen (secondary N) is 2. The quantitative estimate of drug-likeness (QED) is 0.849. The van der Waals surface area contributed by atoms with Gasteiger partial charge in [0.2, 0.25) is 0 Å². The zero-order valence-corrected chi connectivity index (χ0v) is 12.8. The minimum atomic E-state index is -3.92. The second-order valence-corrected chi connectivity index (χ2v) is 7.06. The lowest BCUT2D eigenvalue weighted by Crippen LogP contribution is -2.12. The van der Waals surface area contributed by atoms with Crippen LogP contribution in [0.4, 0.5) is 10.1 Å². The molecule has 1 aromatic heterocycles. The van der Waals surface area contributed by atoms with Crippen molar-refractivity contribution in [2.75, 3.05) is 5.32 Å². The average Bonchev–Trinajstić information content (AvgIpc) is 2.76. The summed E-state index contributed by atoms with van der Waals surface area (Å²) < 4.78 is 35.8. The van der Waals surface area contributed by atoms with E-state index in [1.807, 2.05) is 0 Å². The summed E-state index contributed by atoms with van der Waals surface area (Å²) in [4.78, 5) is 14.5. The molecule has 2 rings (SSSR count). The number of amides is 1. The highest BCUT2D eigenvalue weighted by Crippen LogP contribution is 2.21. The summed E-state index contributed by atoms with van der Waals surface area (Å²) in [5.41, 5.74) is 1.11. The first-order valence-corrected chi connectivity index (χ1v) is 8.21. The van der Waals surface area contributed by atoms with Crippen LogP contribution in [0.3, 0.4) is 0 Å². The van der Waals surface area contributed by atoms with E-state index in [-0.39, 0.29) is 22.1 Å². The van der Waals surface area contributed by atoms with Gasteiger partial charge in [0.1, 0.15) is 16.4 Å². The summed E-state index contributed by atoms with van der Waals surface area (Å²) >= 11 is 0. The monoisotopic (exact) mass is 330 g/mol. The predicted octanol–water partition coefficient (Wildman–Crippen LogP) is 2.95. The number of hydrogen-bond acceptors (Lipinski definition) is 3. The summed E-state index contributed by atoms with van der Waals surface area (Å²) in [5, 5.41) is 2.54. The van der Waals surface area contributed by atoms with Gasteiger partial charge in [-0.15, -0.1) is 0 Å². The first-order chi connectivity index (χ1) is 9.68. The van der Waals surface area contributed by atoms with Crippen molar-refractivity contribution in [2.24, 2.45) is 0 Å². The number of carbonyl (C=O) groups excluding carboxylic acids is 1. The van der Waals surface area contributed by atoms with Crippen molar-refractivity contribution in [1.82, 2.24) is 4.98 Å². The topological polar surface area (TPSA) is 79.0 Å². The Morgan fingerprint density at radius 3 is 2.48 bits per heavy atom. The van der Waals surface area contributed by atoms with Crippen molar-refractivity contribution in [3.8, 4) is 0 Å². The lowest BCUT2D eigenvalue weighted by Gasteiger charge is -2.05. The number of aromatic amines is 1. The van der Waals surface area contributed by atoms with E-state index in [0.29, 0.717) is 11.3 Å². The highest BCUT2D eigenvalue weighted by molar-refractivity contribution is 8.13. The van der Waals surface area contributed by atoms with Gasteiger partial charge in [-0.2, -0.15) is 0 Å². The Hall–Kier alpha value is -1.86. The van der Waals surface area contributed by atoms with Crippen molar-refractivity contribution in [3.05, 3.63) is 47.0 Å². The molecular formula is C13H12ClFN2O3S. The van der Waals surface area contributed by atoms with Gasteiger partial charge in [-0.3, -0.25) is 4.79 Å². The molecular weight excluding hydrogens is 319 g/mol. The maximum absolute atomic E-state index is 13.1. The molecule has 21 heavy (non-hydrogen) atoms. The van der Waals surface area contributed by atoms with Crippen LogP contribution in [0.25, 0.3) is 0 Å². The van der Waals surface area contributed by atoms with E-state index < -0.39 is 15.0 Å². The SMILES string of the molecule is Cc1cc(NC(=O)c2cc(S(=O)(=O)Cl)c(C)[nH]2)ccc1F. The Bertz CT molecular complexity index is 815. The summed E-state index contributed by atoms with van der Waals surface area (Å²) in [6, 6.07) is 5.28. The minimum Gasteiger partial charge on any atom is -0.353 e. The molecule has 0 unspecified atom stereocenters. The fourth-order valence-electron chi connectivity index (χ4n) is 1.84. The fourth-order valence-corrected chi connectivity index (χ4v) is 2.99. The Labute approximate surface area is 125 Å². The molecule has 0 saturated heterocycles. The van der Waals surface area contributed by atoms with Crippen LogP contribution in [0.2, 0.25) is 0 Å². The molecule has 2 aromatic rings.